The van der Waals surface area contributed by atoms with Crippen molar-refractivity contribution in [3.8, 4) is 11.5 Å². The number of para-hydroxylation sites is 1. The van der Waals surface area contributed by atoms with E-state index in [1.54, 1.807) is 18.2 Å². The first kappa shape index (κ1) is 14.7. The van der Waals surface area contributed by atoms with Crippen molar-refractivity contribution >= 4 is 33.2 Å². The maximum absolute atomic E-state index is 13.3. The van der Waals surface area contributed by atoms with E-state index in [2.05, 4.69) is 15.9 Å². The van der Waals surface area contributed by atoms with Crippen molar-refractivity contribution in [2.75, 3.05) is 0 Å². The topological polar surface area (TPSA) is 52.4 Å². The number of ether oxygens (including phenoxy) is 1. The number of hydrogen-bond donors (Lipinski definition) is 0. The Hall–Kier alpha value is -1.66. The fourth-order valence-corrected chi connectivity index (χ4v) is 2.28. The van der Waals surface area contributed by atoms with E-state index in [9.17, 15) is 14.5 Å². The second kappa shape index (κ2) is 6.19. The molecule has 0 spiro atoms. The molecule has 0 saturated carbocycles. The van der Waals surface area contributed by atoms with E-state index in [-0.39, 0.29) is 17.2 Å². The number of alkyl halides is 1. The summed E-state index contributed by atoms with van der Waals surface area (Å²) in [6.45, 7) is 0. The lowest BCUT2D eigenvalue weighted by Gasteiger charge is -2.11. The van der Waals surface area contributed by atoms with Gasteiger partial charge in [-0.25, -0.2) is 4.39 Å². The maximum atomic E-state index is 13.3. The molecule has 0 N–H and O–H groups in total. The Kier molecular flexibility index (Phi) is 4.57. The quantitative estimate of drug-likeness (QED) is 0.434. The van der Waals surface area contributed by atoms with E-state index in [0.29, 0.717) is 15.9 Å². The van der Waals surface area contributed by atoms with Crippen LogP contribution in [-0.2, 0) is 5.33 Å². The number of rotatable bonds is 4. The second-order valence-electron chi connectivity index (χ2n) is 3.83. The van der Waals surface area contributed by atoms with Gasteiger partial charge in [0.25, 0.3) is 0 Å². The molecular formula is C13H8BrClFNO3. The van der Waals surface area contributed by atoms with Gasteiger partial charge in [-0.3, -0.25) is 10.1 Å². The molecule has 0 aliphatic rings. The van der Waals surface area contributed by atoms with Gasteiger partial charge in [0, 0.05) is 23.0 Å². The average molecular weight is 361 g/mol. The van der Waals surface area contributed by atoms with E-state index in [1.807, 2.05) is 0 Å². The molecule has 4 nitrogen and oxygen atoms in total. The molecule has 0 aliphatic heterocycles. The van der Waals surface area contributed by atoms with E-state index in [1.165, 1.54) is 0 Å². The van der Waals surface area contributed by atoms with Crippen molar-refractivity contribution in [3.05, 3.63) is 62.9 Å². The Morgan fingerprint density at radius 3 is 2.75 bits per heavy atom. The molecule has 0 radical (unpaired) electrons. The maximum Gasteiger partial charge on any atom is 0.311 e. The Bertz CT molecular complexity index is 666. The zero-order chi connectivity index (χ0) is 14.7. The van der Waals surface area contributed by atoms with Gasteiger partial charge >= 0.3 is 5.69 Å². The van der Waals surface area contributed by atoms with Crippen LogP contribution in [0, 0.1) is 15.9 Å². The van der Waals surface area contributed by atoms with Crippen LogP contribution in [0.2, 0.25) is 5.02 Å². The molecule has 0 unspecified atom stereocenters. The largest absolute Gasteiger partial charge is 0.448 e. The molecule has 0 heterocycles. The van der Waals surface area contributed by atoms with Gasteiger partial charge in [0.1, 0.15) is 11.6 Å². The summed E-state index contributed by atoms with van der Waals surface area (Å²) in [6, 6.07) is 8.08. The molecule has 0 aliphatic carbocycles. The van der Waals surface area contributed by atoms with Crippen molar-refractivity contribution in [3.63, 3.8) is 0 Å². The van der Waals surface area contributed by atoms with Gasteiger partial charge in [0.2, 0.25) is 5.75 Å². The third-order valence-corrected chi connectivity index (χ3v) is 3.42. The summed E-state index contributed by atoms with van der Waals surface area (Å²) in [5.41, 5.74) is 0.378. The molecule has 0 fully saturated rings. The van der Waals surface area contributed by atoms with Gasteiger partial charge in [0.15, 0.2) is 0 Å². The highest BCUT2D eigenvalue weighted by molar-refractivity contribution is 9.08. The van der Waals surface area contributed by atoms with Gasteiger partial charge in [-0.1, -0.05) is 39.7 Å². The summed E-state index contributed by atoms with van der Waals surface area (Å²) in [7, 11) is 0. The molecule has 0 amide bonds. The van der Waals surface area contributed by atoms with Crippen LogP contribution < -0.4 is 4.74 Å². The molecule has 20 heavy (non-hydrogen) atoms. The van der Waals surface area contributed by atoms with Crippen LogP contribution >= 0.6 is 27.5 Å². The number of nitro groups is 1. The highest BCUT2D eigenvalue weighted by Crippen LogP contribution is 2.38. The first-order valence-corrected chi connectivity index (χ1v) is 6.98. The minimum Gasteiger partial charge on any atom is -0.448 e. The fourth-order valence-electron chi connectivity index (χ4n) is 1.60. The molecular weight excluding hydrogens is 353 g/mol. The molecule has 0 bridgehead atoms. The molecule has 2 rings (SSSR count). The monoisotopic (exact) mass is 359 g/mol. The Balaban J connectivity index is 2.50. The van der Waals surface area contributed by atoms with Crippen LogP contribution in [0.5, 0.6) is 11.5 Å². The highest BCUT2D eigenvalue weighted by atomic mass is 79.9. The summed E-state index contributed by atoms with van der Waals surface area (Å²) in [6.07, 6.45) is 0. The summed E-state index contributed by atoms with van der Waals surface area (Å²) < 4.78 is 18.7. The van der Waals surface area contributed by atoms with Crippen molar-refractivity contribution in [2.45, 2.75) is 5.33 Å². The second-order valence-corrected chi connectivity index (χ2v) is 4.80. The van der Waals surface area contributed by atoms with Crippen LogP contribution in [0.3, 0.4) is 0 Å². The third kappa shape index (κ3) is 3.08. The molecule has 0 aromatic heterocycles. The summed E-state index contributed by atoms with van der Waals surface area (Å²) in [4.78, 5) is 10.3. The van der Waals surface area contributed by atoms with Crippen molar-refractivity contribution in [1.29, 1.82) is 0 Å². The Morgan fingerprint density at radius 2 is 2.10 bits per heavy atom. The van der Waals surface area contributed by atoms with E-state index in [4.69, 9.17) is 16.3 Å². The number of nitro benzene ring substituents is 1. The lowest BCUT2D eigenvalue weighted by atomic mass is 10.2. The minimum atomic E-state index is -0.639. The molecule has 2 aromatic carbocycles. The smallest absolute Gasteiger partial charge is 0.311 e. The fraction of sp³-hybridized carbons (Fsp3) is 0.0769. The summed E-state index contributed by atoms with van der Waals surface area (Å²) >= 11 is 9.29. The minimum absolute atomic E-state index is 0.190. The number of nitrogens with zero attached hydrogens (tertiary/aromatic N) is 1. The van der Waals surface area contributed by atoms with Crippen LogP contribution in [0.4, 0.5) is 10.1 Å². The first-order chi connectivity index (χ1) is 9.52. The predicted molar refractivity (Wildman–Crippen MR) is 77.2 cm³/mol. The zero-order valence-corrected chi connectivity index (χ0v) is 12.3. The predicted octanol–water partition coefficient (Wildman–Crippen LogP) is 5.07. The molecule has 7 heteroatoms. The molecule has 0 saturated heterocycles. The standard InChI is InChI=1S/C13H8BrClFNO3/c14-7-8-2-1-3-10(15)13(8)20-12-6-9(16)4-5-11(12)17(18)19/h1-6H,7H2. The van der Waals surface area contributed by atoms with Crippen molar-refractivity contribution in [2.24, 2.45) is 0 Å². The van der Waals surface area contributed by atoms with Crippen molar-refractivity contribution < 1.29 is 14.1 Å². The highest BCUT2D eigenvalue weighted by Gasteiger charge is 2.19. The molecule has 104 valence electrons. The number of hydrogen-bond acceptors (Lipinski definition) is 3. The number of benzene rings is 2. The Morgan fingerprint density at radius 1 is 1.35 bits per heavy atom. The third-order valence-electron chi connectivity index (χ3n) is 2.52. The van der Waals surface area contributed by atoms with Crippen LogP contribution in [0.15, 0.2) is 36.4 Å². The van der Waals surface area contributed by atoms with Gasteiger partial charge in [0.05, 0.1) is 9.95 Å². The lowest BCUT2D eigenvalue weighted by molar-refractivity contribution is -0.385. The SMILES string of the molecule is O=[N+]([O-])c1ccc(F)cc1Oc1c(Cl)cccc1CBr. The van der Waals surface area contributed by atoms with E-state index >= 15 is 0 Å². The summed E-state index contributed by atoms with van der Waals surface area (Å²) in [5.74, 6) is -0.553. The normalized spacial score (nSPS) is 10.3. The number of halogens is 3. The van der Waals surface area contributed by atoms with Gasteiger partial charge in [-0.05, 0) is 12.1 Å². The van der Waals surface area contributed by atoms with Crippen LogP contribution in [0.25, 0.3) is 0 Å². The summed E-state index contributed by atoms with van der Waals surface area (Å²) in [5, 5.41) is 11.7. The average Bonchev–Trinajstić information content (AvgIpc) is 2.40. The van der Waals surface area contributed by atoms with E-state index < -0.39 is 10.7 Å². The first-order valence-electron chi connectivity index (χ1n) is 5.48. The Labute approximate surface area is 127 Å². The van der Waals surface area contributed by atoms with Crippen LogP contribution in [0.1, 0.15) is 5.56 Å². The van der Waals surface area contributed by atoms with Crippen LogP contribution in [-0.4, -0.2) is 4.92 Å². The zero-order valence-electron chi connectivity index (χ0n) is 9.98. The van der Waals surface area contributed by atoms with E-state index in [0.717, 1.165) is 18.2 Å². The molecule has 0 atom stereocenters. The van der Waals surface area contributed by atoms with Gasteiger partial charge in [-0.15, -0.1) is 0 Å². The lowest BCUT2D eigenvalue weighted by Crippen LogP contribution is -1.96. The molecule has 2 aromatic rings. The van der Waals surface area contributed by atoms with Gasteiger partial charge < -0.3 is 4.74 Å². The van der Waals surface area contributed by atoms with Crippen molar-refractivity contribution in [1.82, 2.24) is 0 Å². The van der Waals surface area contributed by atoms with Gasteiger partial charge in [-0.2, -0.15) is 0 Å².